The molecule has 1 fully saturated rings. The van der Waals surface area contributed by atoms with E-state index in [4.69, 9.17) is 18.9 Å². The number of esters is 1. The molecule has 0 aromatic rings. The van der Waals surface area contributed by atoms with E-state index in [1.54, 1.807) is 14.2 Å². The Balaban J connectivity index is 2.91. The molecular weight excluding hydrogens is 356 g/mol. The first-order valence-electron chi connectivity index (χ1n) is 10.2. The molecule has 1 aliphatic heterocycles. The molecule has 4 atom stereocenters. The summed E-state index contributed by atoms with van der Waals surface area (Å²) in [5.74, 6) is 11.7. The van der Waals surface area contributed by atoms with Crippen molar-refractivity contribution in [3.63, 3.8) is 0 Å². The van der Waals surface area contributed by atoms with Crippen LogP contribution in [0.3, 0.4) is 0 Å². The van der Waals surface area contributed by atoms with Gasteiger partial charge in [-0.3, -0.25) is 0 Å². The van der Waals surface area contributed by atoms with E-state index in [-0.39, 0.29) is 11.9 Å². The van der Waals surface area contributed by atoms with E-state index in [0.717, 1.165) is 25.7 Å². The summed E-state index contributed by atoms with van der Waals surface area (Å²) >= 11 is 0. The second-order valence-corrected chi connectivity index (χ2v) is 7.59. The van der Waals surface area contributed by atoms with E-state index in [2.05, 4.69) is 30.6 Å². The molecule has 5 nitrogen and oxygen atoms in total. The number of carbonyl (C=O) groups is 1. The van der Waals surface area contributed by atoms with Crippen molar-refractivity contribution in [3.05, 3.63) is 0 Å². The van der Waals surface area contributed by atoms with E-state index in [9.17, 15) is 4.79 Å². The maximum Gasteiger partial charge on any atom is 0.335 e. The predicted molar refractivity (Wildman–Crippen MR) is 110 cm³/mol. The van der Waals surface area contributed by atoms with Crippen LogP contribution in [0.2, 0.25) is 0 Å². The maximum absolute atomic E-state index is 12.2. The lowest BCUT2D eigenvalue weighted by Gasteiger charge is -2.46. The van der Waals surface area contributed by atoms with Crippen LogP contribution in [-0.2, 0) is 23.7 Å². The summed E-state index contributed by atoms with van der Waals surface area (Å²) in [5.41, 5.74) is -1.32. The van der Waals surface area contributed by atoms with Crippen LogP contribution >= 0.6 is 0 Å². The number of unbranched alkanes of at least 4 members (excludes halogenated alkanes) is 2. The molecule has 5 heteroatoms. The van der Waals surface area contributed by atoms with Crippen molar-refractivity contribution >= 4 is 5.97 Å². The Labute approximate surface area is 170 Å². The number of carbonyl (C=O) groups excluding carboxylic acids is 1. The number of cyclic esters (lactones) is 1. The fourth-order valence-electron chi connectivity index (χ4n) is 3.38. The van der Waals surface area contributed by atoms with Gasteiger partial charge in [0.2, 0.25) is 0 Å². The van der Waals surface area contributed by atoms with Gasteiger partial charge in [0.25, 0.3) is 0 Å². The summed E-state index contributed by atoms with van der Waals surface area (Å²) < 4.78 is 22.7. The smallest absolute Gasteiger partial charge is 0.335 e. The molecule has 1 heterocycles. The van der Waals surface area contributed by atoms with Crippen LogP contribution in [0, 0.1) is 29.6 Å². The zero-order chi connectivity index (χ0) is 21.0. The zero-order valence-corrected chi connectivity index (χ0v) is 18.4. The molecule has 0 aromatic carbocycles. The number of rotatable bonds is 10. The quantitative estimate of drug-likeness (QED) is 0.322. The van der Waals surface area contributed by atoms with Crippen molar-refractivity contribution in [3.8, 4) is 23.7 Å². The van der Waals surface area contributed by atoms with Crippen molar-refractivity contribution in [2.75, 3.05) is 27.4 Å². The Morgan fingerprint density at radius 2 is 1.79 bits per heavy atom. The van der Waals surface area contributed by atoms with Gasteiger partial charge in [0, 0.05) is 27.1 Å². The number of hydrogen-bond acceptors (Lipinski definition) is 5. The molecule has 0 aromatic heterocycles. The molecule has 1 aliphatic rings. The highest BCUT2D eigenvalue weighted by Gasteiger charge is 2.48. The maximum atomic E-state index is 12.2. The molecular formula is C23H36O5. The second kappa shape index (κ2) is 12.1. The molecule has 0 radical (unpaired) electrons. The molecule has 0 N–H and O–H groups in total. The van der Waals surface area contributed by atoms with Gasteiger partial charge >= 0.3 is 5.97 Å². The predicted octanol–water partition coefficient (Wildman–Crippen LogP) is 3.74. The SMILES string of the molecule is CCCCC#CC#CCC(C)(OC)C(C)(CC(CC)C1OCCOC1=O)OC. The minimum Gasteiger partial charge on any atom is -0.461 e. The summed E-state index contributed by atoms with van der Waals surface area (Å²) in [6.45, 7) is 8.93. The molecule has 4 unspecified atom stereocenters. The summed E-state index contributed by atoms with van der Waals surface area (Å²) in [6, 6.07) is 0. The number of hydrogen-bond donors (Lipinski definition) is 0. The Morgan fingerprint density at radius 1 is 1.11 bits per heavy atom. The van der Waals surface area contributed by atoms with E-state index >= 15 is 0 Å². The van der Waals surface area contributed by atoms with Gasteiger partial charge in [0.1, 0.15) is 12.2 Å². The van der Waals surface area contributed by atoms with Crippen molar-refractivity contribution in [2.24, 2.45) is 5.92 Å². The first-order valence-corrected chi connectivity index (χ1v) is 10.2. The van der Waals surface area contributed by atoms with Crippen molar-refractivity contribution < 1.29 is 23.7 Å². The van der Waals surface area contributed by atoms with Crippen LogP contribution in [0.5, 0.6) is 0 Å². The highest BCUT2D eigenvalue weighted by atomic mass is 16.6. The molecule has 1 rings (SSSR count). The summed E-state index contributed by atoms with van der Waals surface area (Å²) in [7, 11) is 3.33. The molecule has 0 amide bonds. The molecule has 28 heavy (non-hydrogen) atoms. The average molecular weight is 393 g/mol. The van der Waals surface area contributed by atoms with Gasteiger partial charge in [-0.1, -0.05) is 38.5 Å². The van der Waals surface area contributed by atoms with E-state index < -0.39 is 17.3 Å². The Hall–Kier alpha value is -1.53. The Kier molecular flexibility index (Phi) is 10.6. The third-order valence-corrected chi connectivity index (χ3v) is 5.80. The first-order chi connectivity index (χ1) is 13.4. The van der Waals surface area contributed by atoms with Gasteiger partial charge in [0.15, 0.2) is 6.10 Å². The topological polar surface area (TPSA) is 54.0 Å². The third kappa shape index (κ3) is 6.52. The average Bonchev–Trinajstić information content (AvgIpc) is 2.71. The van der Waals surface area contributed by atoms with Crippen LogP contribution in [0.1, 0.15) is 66.2 Å². The van der Waals surface area contributed by atoms with Gasteiger partial charge < -0.3 is 18.9 Å². The van der Waals surface area contributed by atoms with E-state index in [1.807, 2.05) is 20.8 Å². The molecule has 158 valence electrons. The first kappa shape index (κ1) is 24.5. The van der Waals surface area contributed by atoms with Gasteiger partial charge in [-0.25, -0.2) is 4.79 Å². The Bertz CT molecular complexity index is 608. The van der Waals surface area contributed by atoms with Crippen LogP contribution < -0.4 is 0 Å². The summed E-state index contributed by atoms with van der Waals surface area (Å²) in [5, 5.41) is 0. The fourth-order valence-corrected chi connectivity index (χ4v) is 3.38. The molecule has 0 bridgehead atoms. The van der Waals surface area contributed by atoms with Gasteiger partial charge in [-0.05, 0) is 44.4 Å². The summed E-state index contributed by atoms with van der Waals surface area (Å²) in [4.78, 5) is 12.2. The lowest BCUT2D eigenvalue weighted by Crippen LogP contribution is -2.55. The standard InChI is InChI=1S/C23H36O5/c1-7-9-10-11-12-13-14-15-22(3,25-5)23(4,26-6)18-19(8-2)20-21(24)28-17-16-27-20/h19-20H,7-10,15-18H2,1-6H3. The van der Waals surface area contributed by atoms with Gasteiger partial charge in [0.05, 0.1) is 12.2 Å². The molecule has 0 spiro atoms. The minimum absolute atomic E-state index is 0.0333. The molecule has 1 saturated heterocycles. The monoisotopic (exact) mass is 392 g/mol. The number of ether oxygens (including phenoxy) is 4. The second-order valence-electron chi connectivity index (χ2n) is 7.59. The molecule has 0 saturated carbocycles. The van der Waals surface area contributed by atoms with Crippen LogP contribution in [0.15, 0.2) is 0 Å². The van der Waals surface area contributed by atoms with Gasteiger partial charge in [-0.2, -0.15) is 0 Å². The zero-order valence-electron chi connectivity index (χ0n) is 18.4. The minimum atomic E-state index is -0.661. The van der Waals surface area contributed by atoms with E-state index in [1.165, 1.54) is 0 Å². The lowest BCUT2D eigenvalue weighted by atomic mass is 9.74. The van der Waals surface area contributed by atoms with Crippen molar-refractivity contribution in [1.29, 1.82) is 0 Å². The highest BCUT2D eigenvalue weighted by Crippen LogP contribution is 2.39. The Morgan fingerprint density at radius 3 is 2.36 bits per heavy atom. The number of methoxy groups -OCH3 is 2. The van der Waals surface area contributed by atoms with Crippen LogP contribution in [-0.4, -0.2) is 50.7 Å². The van der Waals surface area contributed by atoms with E-state index in [0.29, 0.717) is 26.1 Å². The van der Waals surface area contributed by atoms with Gasteiger partial charge in [-0.15, -0.1) is 0 Å². The van der Waals surface area contributed by atoms with Crippen molar-refractivity contribution in [1.82, 2.24) is 0 Å². The lowest BCUT2D eigenvalue weighted by molar-refractivity contribution is -0.194. The molecule has 0 aliphatic carbocycles. The van der Waals surface area contributed by atoms with Crippen molar-refractivity contribution in [2.45, 2.75) is 83.5 Å². The fraction of sp³-hybridized carbons (Fsp3) is 0.783. The van der Waals surface area contributed by atoms with Crippen LogP contribution in [0.25, 0.3) is 0 Å². The largest absolute Gasteiger partial charge is 0.461 e. The highest BCUT2D eigenvalue weighted by molar-refractivity contribution is 5.75. The van der Waals surface area contributed by atoms with Crippen LogP contribution in [0.4, 0.5) is 0 Å². The normalized spacial score (nSPS) is 21.8. The summed E-state index contributed by atoms with van der Waals surface area (Å²) in [6.07, 6.45) is 4.37. The third-order valence-electron chi connectivity index (χ3n) is 5.80.